The van der Waals surface area contributed by atoms with Gasteiger partial charge in [-0.2, -0.15) is 0 Å². The normalized spacial score (nSPS) is 17.8. The molecule has 0 spiro atoms. The zero-order valence-corrected chi connectivity index (χ0v) is 17.1. The first kappa shape index (κ1) is 20.3. The van der Waals surface area contributed by atoms with Gasteiger partial charge in [-0.15, -0.1) is 0 Å². The third kappa shape index (κ3) is 3.75. The van der Waals surface area contributed by atoms with Crippen molar-refractivity contribution in [2.24, 2.45) is 5.92 Å². The van der Waals surface area contributed by atoms with E-state index >= 15 is 0 Å². The number of H-pyrrole nitrogens is 1. The Hall–Kier alpha value is -3.59. The lowest BCUT2D eigenvalue weighted by molar-refractivity contribution is -0.148. The molecule has 1 aliphatic carbocycles. The molecule has 5 rings (SSSR count). The van der Waals surface area contributed by atoms with E-state index in [9.17, 15) is 13.6 Å². The number of aromatic amines is 1. The number of ether oxygens (including phenoxy) is 1. The predicted octanol–water partition coefficient (Wildman–Crippen LogP) is 4.86. The van der Waals surface area contributed by atoms with Gasteiger partial charge in [0.2, 0.25) is 0 Å². The molecule has 0 unspecified atom stereocenters. The summed E-state index contributed by atoms with van der Waals surface area (Å²) in [6.07, 6.45) is 3.33. The zero-order valence-electron chi connectivity index (χ0n) is 16.3. The molecule has 0 bridgehead atoms. The third-order valence-corrected chi connectivity index (χ3v) is 5.64. The van der Waals surface area contributed by atoms with E-state index in [1.165, 1.54) is 24.5 Å². The molecule has 0 atom stereocenters. The fourth-order valence-corrected chi connectivity index (χ4v) is 3.77. The van der Waals surface area contributed by atoms with Crippen molar-refractivity contribution in [1.29, 1.82) is 0 Å². The van der Waals surface area contributed by atoms with E-state index in [1.807, 2.05) is 0 Å². The molecule has 4 aromatic rings. The first-order valence-corrected chi connectivity index (χ1v) is 10.1. The van der Waals surface area contributed by atoms with Crippen molar-refractivity contribution < 1.29 is 23.4 Å². The van der Waals surface area contributed by atoms with Crippen LogP contribution in [0.25, 0.3) is 33.5 Å². The number of rotatable bonds is 5. The van der Waals surface area contributed by atoms with Crippen molar-refractivity contribution in [3.8, 4) is 28.5 Å². The van der Waals surface area contributed by atoms with Crippen LogP contribution in [0.1, 0.15) is 12.8 Å². The number of fused-ring (bicyclic) bond motifs is 1. The van der Waals surface area contributed by atoms with Gasteiger partial charge >= 0.3 is 12.0 Å². The highest BCUT2D eigenvalue weighted by Crippen LogP contribution is 2.32. The first-order chi connectivity index (χ1) is 15.4. The average Bonchev–Trinajstić information content (AvgIpc) is 3.12. The first-order valence-electron chi connectivity index (χ1n) is 9.74. The van der Waals surface area contributed by atoms with Crippen LogP contribution in [0.4, 0.5) is 8.78 Å². The number of hydrogen-bond donors (Lipinski definition) is 2. The van der Waals surface area contributed by atoms with E-state index in [2.05, 4.69) is 19.9 Å². The maximum absolute atomic E-state index is 14.9. The van der Waals surface area contributed by atoms with Gasteiger partial charge in [0.05, 0.1) is 22.5 Å². The summed E-state index contributed by atoms with van der Waals surface area (Å²) in [6, 6.07) is 7.39. The molecule has 32 heavy (non-hydrogen) atoms. The molecule has 0 aliphatic heterocycles. The standard InChI is InChI=1S/C22H15ClF2N4O3/c23-13-1-2-17-18(7-13)29-20(28-17)19-15(24)5-10(6-16(19)25)12-8-26-22(27-9-12)32-14-3-11(4-14)21(30)31/h1-2,5-9,11,14H,3-4H2,(H,28,29)(H,30,31)/t11-,14+. The monoisotopic (exact) mass is 456 g/mol. The van der Waals surface area contributed by atoms with Crippen molar-refractivity contribution in [1.82, 2.24) is 19.9 Å². The Morgan fingerprint density at radius 2 is 1.78 bits per heavy atom. The van der Waals surface area contributed by atoms with Gasteiger partial charge in [0.25, 0.3) is 0 Å². The van der Waals surface area contributed by atoms with Crippen LogP contribution in [0.3, 0.4) is 0 Å². The Balaban J connectivity index is 1.37. The Morgan fingerprint density at radius 1 is 1.09 bits per heavy atom. The topological polar surface area (TPSA) is 101 Å². The number of aromatic nitrogens is 4. The minimum atomic E-state index is -0.847. The second-order valence-electron chi connectivity index (χ2n) is 7.56. The number of nitrogens with zero attached hydrogens (tertiary/aromatic N) is 3. The summed E-state index contributed by atoms with van der Waals surface area (Å²) in [4.78, 5) is 26.1. The van der Waals surface area contributed by atoms with E-state index in [0.29, 0.717) is 34.5 Å². The molecular formula is C22H15ClF2N4O3. The van der Waals surface area contributed by atoms with Crippen molar-refractivity contribution in [3.63, 3.8) is 0 Å². The van der Waals surface area contributed by atoms with Gasteiger partial charge < -0.3 is 14.8 Å². The number of hydrogen-bond acceptors (Lipinski definition) is 5. The van der Waals surface area contributed by atoms with E-state index < -0.39 is 23.5 Å². The molecule has 1 saturated carbocycles. The van der Waals surface area contributed by atoms with E-state index in [0.717, 1.165) is 0 Å². The molecule has 162 valence electrons. The molecule has 1 fully saturated rings. The maximum atomic E-state index is 14.9. The highest BCUT2D eigenvalue weighted by Gasteiger charge is 2.36. The highest BCUT2D eigenvalue weighted by molar-refractivity contribution is 6.31. The van der Waals surface area contributed by atoms with Gasteiger partial charge in [-0.1, -0.05) is 11.6 Å². The smallest absolute Gasteiger partial charge is 0.316 e. The Morgan fingerprint density at radius 3 is 2.44 bits per heavy atom. The van der Waals surface area contributed by atoms with Crippen LogP contribution in [0.5, 0.6) is 6.01 Å². The zero-order chi connectivity index (χ0) is 22.4. The van der Waals surface area contributed by atoms with Crippen molar-refractivity contribution >= 4 is 28.6 Å². The molecule has 1 aliphatic rings. The number of carbonyl (C=O) groups is 1. The summed E-state index contributed by atoms with van der Waals surface area (Å²) < 4.78 is 35.2. The number of carboxylic acids is 1. The van der Waals surface area contributed by atoms with Gasteiger partial charge in [0, 0.05) is 23.0 Å². The largest absolute Gasteiger partial charge is 0.481 e. The average molecular weight is 457 g/mol. The maximum Gasteiger partial charge on any atom is 0.316 e. The molecule has 0 saturated heterocycles. The lowest BCUT2D eigenvalue weighted by Crippen LogP contribution is -2.38. The van der Waals surface area contributed by atoms with Crippen LogP contribution in [-0.2, 0) is 4.79 Å². The lowest BCUT2D eigenvalue weighted by Gasteiger charge is -2.31. The molecule has 10 heteroatoms. The van der Waals surface area contributed by atoms with E-state index in [-0.39, 0.29) is 29.1 Å². The summed E-state index contributed by atoms with van der Waals surface area (Å²) in [6.45, 7) is 0. The number of nitrogens with one attached hydrogen (secondary N) is 1. The fraction of sp³-hybridized carbons (Fsp3) is 0.182. The molecule has 2 aromatic heterocycles. The molecular weight excluding hydrogens is 442 g/mol. The SMILES string of the molecule is O=C(O)[C@H]1C[C@@H](Oc2ncc(-c3cc(F)c(-c4nc5cc(Cl)ccc5[nH]4)c(F)c3)cn2)C1. The minimum absolute atomic E-state index is 0.0592. The van der Waals surface area contributed by atoms with Crippen molar-refractivity contribution in [2.75, 3.05) is 0 Å². The van der Waals surface area contributed by atoms with Crippen LogP contribution in [0.2, 0.25) is 5.02 Å². The minimum Gasteiger partial charge on any atom is -0.481 e. The second kappa shape index (κ2) is 7.83. The Labute approximate surface area is 185 Å². The van der Waals surface area contributed by atoms with Gasteiger partial charge in [0.15, 0.2) is 0 Å². The lowest BCUT2D eigenvalue weighted by atomic mass is 9.82. The van der Waals surface area contributed by atoms with Crippen LogP contribution in [0.15, 0.2) is 42.7 Å². The Kier molecular flexibility index (Phi) is 4.97. The number of benzene rings is 2. The van der Waals surface area contributed by atoms with Crippen molar-refractivity contribution in [3.05, 3.63) is 59.4 Å². The number of imidazole rings is 1. The summed E-state index contributed by atoms with van der Waals surface area (Å²) in [7, 11) is 0. The number of halogens is 3. The van der Waals surface area contributed by atoms with Crippen LogP contribution in [0, 0.1) is 17.6 Å². The van der Waals surface area contributed by atoms with Gasteiger partial charge in [-0.3, -0.25) is 4.79 Å². The predicted molar refractivity (Wildman–Crippen MR) is 112 cm³/mol. The quantitative estimate of drug-likeness (QED) is 0.444. The summed E-state index contributed by atoms with van der Waals surface area (Å²) in [5.74, 6) is -2.78. The molecule has 2 aromatic carbocycles. The molecule has 0 amide bonds. The van der Waals surface area contributed by atoms with Crippen molar-refractivity contribution in [2.45, 2.75) is 18.9 Å². The van der Waals surface area contributed by atoms with Crippen LogP contribution >= 0.6 is 11.6 Å². The number of aliphatic carboxylic acids is 1. The Bertz CT molecular complexity index is 1310. The summed E-state index contributed by atoms with van der Waals surface area (Å²) >= 11 is 5.95. The second-order valence-corrected chi connectivity index (χ2v) is 8.00. The molecule has 7 nitrogen and oxygen atoms in total. The van der Waals surface area contributed by atoms with E-state index in [4.69, 9.17) is 21.4 Å². The number of carboxylic acid groups (broad SMARTS) is 1. The van der Waals surface area contributed by atoms with Gasteiger partial charge in [-0.25, -0.2) is 23.7 Å². The third-order valence-electron chi connectivity index (χ3n) is 5.40. The summed E-state index contributed by atoms with van der Waals surface area (Å²) in [5.41, 5.74) is 1.48. The highest BCUT2D eigenvalue weighted by atomic mass is 35.5. The van der Waals surface area contributed by atoms with Gasteiger partial charge in [0.1, 0.15) is 23.6 Å². The summed E-state index contributed by atoms with van der Waals surface area (Å²) in [5, 5.41) is 9.38. The molecule has 2 N–H and O–H groups in total. The fourth-order valence-electron chi connectivity index (χ4n) is 3.60. The van der Waals surface area contributed by atoms with Crippen LogP contribution in [-0.4, -0.2) is 37.1 Å². The molecule has 0 radical (unpaired) electrons. The van der Waals surface area contributed by atoms with Crippen LogP contribution < -0.4 is 4.74 Å². The van der Waals surface area contributed by atoms with Gasteiger partial charge in [-0.05, 0) is 48.7 Å². The molecule has 2 heterocycles. The van der Waals surface area contributed by atoms with E-state index in [1.54, 1.807) is 18.2 Å².